The first kappa shape index (κ1) is 14.3. The normalized spacial score (nSPS) is 23.3. The molecule has 1 aromatic carbocycles. The number of aromatic nitrogens is 2. The minimum Gasteiger partial charge on any atom is -0.424 e. The molecule has 1 aliphatic rings. The molecule has 0 spiro atoms. The Hall–Kier alpha value is -1.68. The quantitative estimate of drug-likeness (QED) is 0.914. The van der Waals surface area contributed by atoms with E-state index in [1.165, 1.54) is 24.8 Å². The van der Waals surface area contributed by atoms with Crippen molar-refractivity contribution in [2.45, 2.75) is 51.6 Å². The van der Waals surface area contributed by atoms with E-state index in [1.807, 2.05) is 6.92 Å². The molecule has 1 heterocycles. The van der Waals surface area contributed by atoms with Crippen molar-refractivity contribution in [1.82, 2.24) is 15.5 Å². The van der Waals surface area contributed by atoms with Crippen LogP contribution in [0.4, 0.5) is 0 Å². The first-order valence-corrected chi connectivity index (χ1v) is 7.82. The standard InChI is InChI=1S/C17H23N3O/c1-12(17-20-19-13(2)21-17)18-16-10-6-9-15(16)11-14-7-4-3-5-8-14/h3-5,7-8,12,15-16,18H,6,9-11H2,1-2H3/t12-,15+,16+/m0/s1. The molecule has 0 saturated heterocycles. The van der Waals surface area contributed by atoms with Crippen LogP contribution in [0, 0.1) is 12.8 Å². The van der Waals surface area contributed by atoms with Crippen LogP contribution in [-0.2, 0) is 6.42 Å². The monoisotopic (exact) mass is 285 g/mol. The Morgan fingerprint density at radius 1 is 1.24 bits per heavy atom. The fourth-order valence-electron chi connectivity index (χ4n) is 3.30. The summed E-state index contributed by atoms with van der Waals surface area (Å²) in [7, 11) is 0. The van der Waals surface area contributed by atoms with E-state index in [-0.39, 0.29) is 6.04 Å². The number of hydrogen-bond acceptors (Lipinski definition) is 4. The lowest BCUT2D eigenvalue weighted by Crippen LogP contribution is -2.35. The Kier molecular flexibility index (Phi) is 4.34. The number of rotatable bonds is 5. The van der Waals surface area contributed by atoms with Crippen LogP contribution in [0.2, 0.25) is 0 Å². The van der Waals surface area contributed by atoms with E-state index in [0.717, 1.165) is 6.42 Å². The Balaban J connectivity index is 1.61. The second-order valence-electron chi connectivity index (χ2n) is 6.03. The molecular formula is C17H23N3O. The molecule has 0 unspecified atom stereocenters. The minimum atomic E-state index is 0.118. The lowest BCUT2D eigenvalue weighted by molar-refractivity contribution is 0.326. The summed E-state index contributed by atoms with van der Waals surface area (Å²) in [4.78, 5) is 0. The molecule has 3 atom stereocenters. The lowest BCUT2D eigenvalue weighted by Gasteiger charge is -2.23. The van der Waals surface area contributed by atoms with Crippen molar-refractivity contribution in [3.05, 3.63) is 47.7 Å². The second-order valence-corrected chi connectivity index (χ2v) is 6.03. The van der Waals surface area contributed by atoms with E-state index < -0.39 is 0 Å². The first-order chi connectivity index (χ1) is 10.2. The molecule has 3 rings (SSSR count). The van der Waals surface area contributed by atoms with Crippen LogP contribution in [0.3, 0.4) is 0 Å². The van der Waals surface area contributed by atoms with Gasteiger partial charge < -0.3 is 9.73 Å². The van der Waals surface area contributed by atoms with Gasteiger partial charge in [-0.1, -0.05) is 36.8 Å². The summed E-state index contributed by atoms with van der Waals surface area (Å²) in [6, 6.07) is 11.4. The molecule has 1 aromatic heterocycles. The van der Waals surface area contributed by atoms with E-state index in [0.29, 0.717) is 23.7 Å². The van der Waals surface area contributed by atoms with Gasteiger partial charge in [0, 0.05) is 13.0 Å². The fraction of sp³-hybridized carbons (Fsp3) is 0.529. The van der Waals surface area contributed by atoms with Gasteiger partial charge in [-0.05, 0) is 37.7 Å². The van der Waals surface area contributed by atoms with Gasteiger partial charge in [0.25, 0.3) is 0 Å². The smallest absolute Gasteiger partial charge is 0.233 e. The van der Waals surface area contributed by atoms with Crippen LogP contribution < -0.4 is 5.32 Å². The fourth-order valence-corrected chi connectivity index (χ4v) is 3.30. The molecule has 1 fully saturated rings. The van der Waals surface area contributed by atoms with Gasteiger partial charge in [-0.25, -0.2) is 0 Å². The predicted octanol–water partition coefficient (Wildman–Crippen LogP) is 3.44. The maximum atomic E-state index is 5.52. The molecular weight excluding hydrogens is 262 g/mol. The Bertz CT molecular complexity index is 566. The second kappa shape index (κ2) is 6.39. The number of nitrogens with one attached hydrogen (secondary N) is 1. The molecule has 4 heteroatoms. The van der Waals surface area contributed by atoms with Crippen LogP contribution in [-0.4, -0.2) is 16.2 Å². The molecule has 0 amide bonds. The number of hydrogen-bond donors (Lipinski definition) is 1. The van der Waals surface area contributed by atoms with E-state index in [1.54, 1.807) is 0 Å². The Morgan fingerprint density at radius 3 is 2.76 bits per heavy atom. The molecule has 1 aliphatic carbocycles. The summed E-state index contributed by atoms with van der Waals surface area (Å²) in [6.45, 7) is 3.93. The van der Waals surface area contributed by atoms with E-state index in [9.17, 15) is 0 Å². The highest BCUT2D eigenvalue weighted by atomic mass is 16.4. The third-order valence-electron chi connectivity index (χ3n) is 4.38. The van der Waals surface area contributed by atoms with Gasteiger partial charge in [-0.3, -0.25) is 0 Å². The van der Waals surface area contributed by atoms with Gasteiger partial charge in [-0.15, -0.1) is 10.2 Å². The summed E-state index contributed by atoms with van der Waals surface area (Å²) in [5, 5.41) is 11.7. The third-order valence-corrected chi connectivity index (χ3v) is 4.38. The first-order valence-electron chi connectivity index (χ1n) is 7.82. The maximum Gasteiger partial charge on any atom is 0.233 e. The van der Waals surface area contributed by atoms with Gasteiger partial charge in [0.05, 0.1) is 6.04 Å². The zero-order valence-electron chi connectivity index (χ0n) is 12.7. The summed E-state index contributed by atoms with van der Waals surface area (Å²) < 4.78 is 5.52. The van der Waals surface area contributed by atoms with Crippen molar-refractivity contribution in [1.29, 1.82) is 0 Å². The topological polar surface area (TPSA) is 51.0 Å². The molecule has 0 aliphatic heterocycles. The van der Waals surface area contributed by atoms with Crippen LogP contribution in [0.15, 0.2) is 34.7 Å². The SMILES string of the molecule is Cc1nnc([C@H](C)N[C@@H]2CCC[C@@H]2Cc2ccccc2)o1. The van der Waals surface area contributed by atoms with Gasteiger partial charge in [0.15, 0.2) is 0 Å². The van der Waals surface area contributed by atoms with Gasteiger partial charge in [0.2, 0.25) is 11.8 Å². The zero-order chi connectivity index (χ0) is 14.7. The van der Waals surface area contributed by atoms with Gasteiger partial charge in [-0.2, -0.15) is 0 Å². The van der Waals surface area contributed by atoms with Crippen LogP contribution in [0.1, 0.15) is 49.6 Å². The average Bonchev–Trinajstić information content (AvgIpc) is 3.10. The zero-order valence-corrected chi connectivity index (χ0v) is 12.7. The van der Waals surface area contributed by atoms with E-state index in [2.05, 4.69) is 52.8 Å². The Labute approximate surface area is 126 Å². The molecule has 1 saturated carbocycles. The van der Waals surface area contributed by atoms with E-state index in [4.69, 9.17) is 4.42 Å². The van der Waals surface area contributed by atoms with Crippen molar-refractivity contribution >= 4 is 0 Å². The minimum absolute atomic E-state index is 0.118. The lowest BCUT2D eigenvalue weighted by atomic mass is 9.94. The largest absolute Gasteiger partial charge is 0.424 e. The third kappa shape index (κ3) is 3.50. The molecule has 21 heavy (non-hydrogen) atoms. The summed E-state index contributed by atoms with van der Waals surface area (Å²) >= 11 is 0. The molecule has 2 aromatic rings. The summed E-state index contributed by atoms with van der Waals surface area (Å²) in [5.41, 5.74) is 1.43. The predicted molar refractivity (Wildman–Crippen MR) is 81.9 cm³/mol. The molecule has 4 nitrogen and oxygen atoms in total. The highest BCUT2D eigenvalue weighted by Crippen LogP contribution is 2.30. The van der Waals surface area contributed by atoms with E-state index >= 15 is 0 Å². The van der Waals surface area contributed by atoms with Gasteiger partial charge >= 0.3 is 0 Å². The average molecular weight is 285 g/mol. The number of nitrogens with zero attached hydrogens (tertiary/aromatic N) is 2. The maximum absolute atomic E-state index is 5.52. The van der Waals surface area contributed by atoms with Crippen molar-refractivity contribution in [3.8, 4) is 0 Å². The van der Waals surface area contributed by atoms with Crippen molar-refractivity contribution < 1.29 is 4.42 Å². The molecule has 1 N–H and O–H groups in total. The number of aryl methyl sites for hydroxylation is 1. The van der Waals surface area contributed by atoms with Crippen molar-refractivity contribution in [3.63, 3.8) is 0 Å². The Morgan fingerprint density at radius 2 is 2.05 bits per heavy atom. The molecule has 112 valence electrons. The van der Waals surface area contributed by atoms with Crippen molar-refractivity contribution in [2.24, 2.45) is 5.92 Å². The summed E-state index contributed by atoms with van der Waals surface area (Å²) in [5.74, 6) is 2.02. The highest BCUT2D eigenvalue weighted by Gasteiger charge is 2.29. The highest BCUT2D eigenvalue weighted by molar-refractivity contribution is 5.16. The number of benzene rings is 1. The van der Waals surface area contributed by atoms with Crippen LogP contribution >= 0.6 is 0 Å². The molecule has 0 bridgehead atoms. The van der Waals surface area contributed by atoms with Gasteiger partial charge in [0.1, 0.15) is 0 Å². The van der Waals surface area contributed by atoms with Crippen LogP contribution in [0.25, 0.3) is 0 Å². The van der Waals surface area contributed by atoms with Crippen LogP contribution in [0.5, 0.6) is 0 Å². The van der Waals surface area contributed by atoms with Crippen molar-refractivity contribution in [2.75, 3.05) is 0 Å². The summed E-state index contributed by atoms with van der Waals surface area (Å²) in [6.07, 6.45) is 4.97. The molecule has 0 radical (unpaired) electrons.